The Labute approximate surface area is 129 Å². The van der Waals surface area contributed by atoms with Gasteiger partial charge in [-0.15, -0.1) is 11.3 Å². The molecule has 3 rings (SSSR count). The average Bonchev–Trinajstić information content (AvgIpc) is 3.10. The van der Waals surface area contributed by atoms with Crippen LogP contribution in [0.1, 0.15) is 17.8 Å². The van der Waals surface area contributed by atoms with E-state index in [9.17, 15) is 0 Å². The van der Waals surface area contributed by atoms with Crippen molar-refractivity contribution >= 4 is 33.0 Å². The summed E-state index contributed by atoms with van der Waals surface area (Å²) < 4.78 is 3.00. The fraction of sp³-hybridized carbons (Fsp3) is 0.143. The van der Waals surface area contributed by atoms with Crippen LogP contribution in [0, 0.1) is 0 Å². The molecule has 0 aliphatic heterocycles. The number of imidazole rings is 1. The van der Waals surface area contributed by atoms with E-state index in [1.165, 1.54) is 4.88 Å². The molecule has 6 heteroatoms. The maximum Gasteiger partial charge on any atom is 0.137 e. The van der Waals surface area contributed by atoms with Crippen molar-refractivity contribution in [2.75, 3.05) is 5.32 Å². The fourth-order valence-corrected chi connectivity index (χ4v) is 3.35. The molecule has 3 aromatic heterocycles. The summed E-state index contributed by atoms with van der Waals surface area (Å²) in [5.41, 5.74) is 1.01. The lowest BCUT2D eigenvalue weighted by Crippen LogP contribution is -2.05. The first kappa shape index (κ1) is 13.3. The number of anilines is 1. The van der Waals surface area contributed by atoms with E-state index in [0.717, 1.165) is 16.0 Å². The Morgan fingerprint density at radius 3 is 2.90 bits per heavy atom. The first-order chi connectivity index (χ1) is 9.72. The minimum absolute atomic E-state index is 0.257. The van der Waals surface area contributed by atoms with Gasteiger partial charge in [0.15, 0.2) is 0 Å². The van der Waals surface area contributed by atoms with Crippen LogP contribution in [0.15, 0.2) is 53.0 Å². The summed E-state index contributed by atoms with van der Waals surface area (Å²) in [4.78, 5) is 9.73. The molecule has 0 saturated heterocycles. The SMILES string of the molecule is CC(Nc1ccc(-n2ccnc2)nc1)c1cc(Br)cs1. The lowest BCUT2D eigenvalue weighted by atomic mass is 10.2. The predicted octanol–water partition coefficient (Wildman–Crippen LogP) is 4.26. The van der Waals surface area contributed by atoms with Gasteiger partial charge in [0, 0.05) is 27.1 Å². The zero-order chi connectivity index (χ0) is 13.9. The lowest BCUT2D eigenvalue weighted by molar-refractivity contribution is 0.902. The molecule has 1 atom stereocenters. The van der Waals surface area contributed by atoms with Crippen molar-refractivity contribution in [1.82, 2.24) is 14.5 Å². The third kappa shape index (κ3) is 2.91. The van der Waals surface area contributed by atoms with E-state index < -0.39 is 0 Å². The molecule has 0 aromatic carbocycles. The minimum atomic E-state index is 0.257. The number of pyridine rings is 1. The number of aromatic nitrogens is 3. The van der Waals surface area contributed by atoms with Crippen LogP contribution >= 0.6 is 27.3 Å². The molecular weight excluding hydrogens is 336 g/mol. The molecule has 0 aliphatic carbocycles. The molecule has 102 valence electrons. The van der Waals surface area contributed by atoms with Crippen LogP contribution in [0.4, 0.5) is 5.69 Å². The Bertz CT molecular complexity index is 676. The number of nitrogens with one attached hydrogen (secondary N) is 1. The van der Waals surface area contributed by atoms with Gasteiger partial charge in [0.1, 0.15) is 12.1 Å². The summed E-state index contributed by atoms with van der Waals surface area (Å²) >= 11 is 5.21. The number of hydrogen-bond donors (Lipinski definition) is 1. The second kappa shape index (κ2) is 5.76. The van der Waals surface area contributed by atoms with Crippen LogP contribution in [-0.4, -0.2) is 14.5 Å². The van der Waals surface area contributed by atoms with Gasteiger partial charge in [0.25, 0.3) is 0 Å². The van der Waals surface area contributed by atoms with E-state index in [1.807, 2.05) is 29.1 Å². The Morgan fingerprint density at radius 1 is 1.40 bits per heavy atom. The molecule has 4 nitrogen and oxygen atoms in total. The highest BCUT2D eigenvalue weighted by Crippen LogP contribution is 2.27. The molecule has 0 radical (unpaired) electrons. The number of halogens is 1. The van der Waals surface area contributed by atoms with Gasteiger partial charge < -0.3 is 5.32 Å². The highest BCUT2D eigenvalue weighted by molar-refractivity contribution is 9.10. The molecule has 0 spiro atoms. The molecular formula is C14H13BrN4S. The maximum atomic E-state index is 4.43. The van der Waals surface area contributed by atoms with Crippen molar-refractivity contribution in [3.05, 3.63) is 57.8 Å². The molecule has 0 saturated carbocycles. The average molecular weight is 349 g/mol. The van der Waals surface area contributed by atoms with Crippen molar-refractivity contribution in [3.8, 4) is 5.82 Å². The highest BCUT2D eigenvalue weighted by Gasteiger charge is 2.08. The Kier molecular flexibility index (Phi) is 3.84. The van der Waals surface area contributed by atoms with Gasteiger partial charge in [-0.05, 0) is 41.1 Å². The van der Waals surface area contributed by atoms with Crippen LogP contribution < -0.4 is 5.32 Å². The molecule has 0 amide bonds. The van der Waals surface area contributed by atoms with Crippen LogP contribution in [0.3, 0.4) is 0 Å². The van der Waals surface area contributed by atoms with Crippen molar-refractivity contribution in [1.29, 1.82) is 0 Å². The summed E-state index contributed by atoms with van der Waals surface area (Å²) in [5.74, 6) is 0.861. The topological polar surface area (TPSA) is 42.7 Å². The van der Waals surface area contributed by atoms with Crippen LogP contribution in [0.25, 0.3) is 5.82 Å². The van der Waals surface area contributed by atoms with Crippen LogP contribution in [-0.2, 0) is 0 Å². The molecule has 0 fully saturated rings. The number of hydrogen-bond acceptors (Lipinski definition) is 4. The highest BCUT2D eigenvalue weighted by atomic mass is 79.9. The monoisotopic (exact) mass is 348 g/mol. The summed E-state index contributed by atoms with van der Waals surface area (Å²) in [6, 6.07) is 6.39. The van der Waals surface area contributed by atoms with Crippen molar-refractivity contribution in [2.45, 2.75) is 13.0 Å². The lowest BCUT2D eigenvalue weighted by Gasteiger charge is -2.13. The van der Waals surface area contributed by atoms with E-state index in [1.54, 1.807) is 23.9 Å². The summed E-state index contributed by atoms with van der Waals surface area (Å²) in [7, 11) is 0. The standard InChI is InChI=1S/C14H13BrN4S/c1-10(13-6-11(15)8-20-13)18-12-2-3-14(17-7-12)19-5-4-16-9-19/h2-10,18H,1H3. The van der Waals surface area contributed by atoms with E-state index in [0.29, 0.717) is 0 Å². The second-order valence-electron chi connectivity index (χ2n) is 4.41. The smallest absolute Gasteiger partial charge is 0.137 e. The van der Waals surface area contributed by atoms with E-state index in [-0.39, 0.29) is 6.04 Å². The summed E-state index contributed by atoms with van der Waals surface area (Å²) in [6.07, 6.45) is 7.20. The number of rotatable bonds is 4. The van der Waals surface area contributed by atoms with Gasteiger partial charge >= 0.3 is 0 Å². The summed E-state index contributed by atoms with van der Waals surface area (Å²) in [6.45, 7) is 2.14. The quantitative estimate of drug-likeness (QED) is 0.765. The number of nitrogens with zero attached hydrogens (tertiary/aromatic N) is 3. The summed E-state index contributed by atoms with van der Waals surface area (Å²) in [5, 5.41) is 5.54. The van der Waals surface area contributed by atoms with E-state index >= 15 is 0 Å². The molecule has 1 unspecified atom stereocenters. The van der Waals surface area contributed by atoms with Crippen LogP contribution in [0.5, 0.6) is 0 Å². The van der Waals surface area contributed by atoms with Gasteiger partial charge in [-0.2, -0.15) is 0 Å². The van der Waals surface area contributed by atoms with Crippen molar-refractivity contribution < 1.29 is 0 Å². The van der Waals surface area contributed by atoms with Crippen LogP contribution in [0.2, 0.25) is 0 Å². The zero-order valence-corrected chi connectivity index (χ0v) is 13.2. The van der Waals surface area contributed by atoms with E-state index in [4.69, 9.17) is 0 Å². The van der Waals surface area contributed by atoms with Crippen molar-refractivity contribution in [3.63, 3.8) is 0 Å². The molecule has 3 heterocycles. The molecule has 0 aliphatic rings. The third-order valence-electron chi connectivity index (χ3n) is 2.91. The second-order valence-corrected chi connectivity index (χ2v) is 6.27. The van der Waals surface area contributed by atoms with Crippen molar-refractivity contribution in [2.24, 2.45) is 0 Å². The minimum Gasteiger partial charge on any atom is -0.376 e. The first-order valence-corrected chi connectivity index (χ1v) is 7.84. The predicted molar refractivity (Wildman–Crippen MR) is 85.4 cm³/mol. The Balaban J connectivity index is 1.72. The van der Waals surface area contributed by atoms with E-state index in [2.05, 4.69) is 49.6 Å². The van der Waals surface area contributed by atoms with Gasteiger partial charge in [0.2, 0.25) is 0 Å². The first-order valence-electron chi connectivity index (χ1n) is 6.17. The molecule has 1 N–H and O–H groups in total. The largest absolute Gasteiger partial charge is 0.376 e. The molecule has 3 aromatic rings. The number of thiophene rings is 1. The third-order valence-corrected chi connectivity index (χ3v) is 4.79. The maximum absolute atomic E-state index is 4.43. The van der Waals surface area contributed by atoms with Gasteiger partial charge in [-0.25, -0.2) is 9.97 Å². The van der Waals surface area contributed by atoms with Gasteiger partial charge in [-0.1, -0.05) is 0 Å². The van der Waals surface area contributed by atoms with Gasteiger partial charge in [-0.3, -0.25) is 4.57 Å². The van der Waals surface area contributed by atoms with Gasteiger partial charge in [0.05, 0.1) is 17.9 Å². The Morgan fingerprint density at radius 2 is 2.30 bits per heavy atom. The Hall–Kier alpha value is -1.66. The molecule has 0 bridgehead atoms. The zero-order valence-electron chi connectivity index (χ0n) is 10.8. The normalized spacial score (nSPS) is 12.3. The fourth-order valence-electron chi connectivity index (χ4n) is 1.90. The molecule has 20 heavy (non-hydrogen) atoms.